The molecule has 0 unspecified atom stereocenters. The number of ether oxygens (including phenoxy) is 1. The molecule has 0 saturated carbocycles. The highest BCUT2D eigenvalue weighted by molar-refractivity contribution is 14.0. The summed E-state index contributed by atoms with van der Waals surface area (Å²) in [5.41, 5.74) is 2.26. The Morgan fingerprint density at radius 3 is 2.82 bits per heavy atom. The largest absolute Gasteiger partial charge is 0.478 e. The van der Waals surface area contributed by atoms with Gasteiger partial charge >= 0.3 is 0 Å². The van der Waals surface area contributed by atoms with E-state index in [1.165, 1.54) is 5.56 Å². The van der Waals surface area contributed by atoms with Crippen molar-refractivity contribution in [1.29, 1.82) is 0 Å². The van der Waals surface area contributed by atoms with Gasteiger partial charge in [-0.05, 0) is 35.4 Å². The van der Waals surface area contributed by atoms with Crippen LogP contribution in [0.1, 0.15) is 18.1 Å². The van der Waals surface area contributed by atoms with Crippen molar-refractivity contribution in [1.82, 2.24) is 15.6 Å². The summed E-state index contributed by atoms with van der Waals surface area (Å²) >= 11 is 1.69. The summed E-state index contributed by atoms with van der Waals surface area (Å²) < 4.78 is 5.51. The fourth-order valence-corrected chi connectivity index (χ4v) is 2.47. The number of aliphatic imine (C=N–C) groups is 1. The highest BCUT2D eigenvalue weighted by atomic mass is 127. The van der Waals surface area contributed by atoms with E-state index in [2.05, 4.69) is 37.4 Å². The van der Waals surface area contributed by atoms with Gasteiger partial charge in [0.15, 0.2) is 5.96 Å². The number of nitrogens with zero attached hydrogens (tertiary/aromatic N) is 2. The molecule has 0 radical (unpaired) electrons. The third-order valence-electron chi connectivity index (χ3n) is 2.84. The van der Waals surface area contributed by atoms with E-state index in [9.17, 15) is 0 Å². The molecule has 22 heavy (non-hydrogen) atoms. The second-order valence-electron chi connectivity index (χ2n) is 4.31. The fraction of sp³-hybridized carbons (Fsp3) is 0.333. The van der Waals surface area contributed by atoms with Crippen LogP contribution < -0.4 is 15.4 Å². The summed E-state index contributed by atoms with van der Waals surface area (Å²) in [6.45, 7) is 3.93. The molecule has 0 fully saturated rings. The van der Waals surface area contributed by atoms with Crippen LogP contribution in [0.2, 0.25) is 0 Å². The molecule has 2 heterocycles. The van der Waals surface area contributed by atoms with Gasteiger partial charge in [0.2, 0.25) is 5.88 Å². The highest BCUT2D eigenvalue weighted by Crippen LogP contribution is 2.13. The Kier molecular flexibility index (Phi) is 8.83. The third kappa shape index (κ3) is 5.80. The molecule has 0 saturated heterocycles. The topological polar surface area (TPSA) is 58.5 Å². The molecule has 0 amide bonds. The zero-order valence-electron chi connectivity index (χ0n) is 12.7. The Balaban J connectivity index is 0.00000242. The molecule has 120 valence electrons. The number of thiophene rings is 1. The zero-order chi connectivity index (χ0) is 14.9. The molecule has 2 aromatic rings. The smallest absolute Gasteiger partial charge is 0.218 e. The van der Waals surface area contributed by atoms with Gasteiger partial charge in [-0.3, -0.25) is 4.99 Å². The van der Waals surface area contributed by atoms with Crippen molar-refractivity contribution in [2.24, 2.45) is 4.99 Å². The van der Waals surface area contributed by atoms with Gasteiger partial charge in [-0.25, -0.2) is 4.98 Å². The van der Waals surface area contributed by atoms with Crippen LogP contribution in [0.15, 0.2) is 40.1 Å². The Bertz CT molecular complexity index is 575. The summed E-state index contributed by atoms with van der Waals surface area (Å²) in [4.78, 5) is 8.45. The van der Waals surface area contributed by atoms with E-state index in [4.69, 9.17) is 4.74 Å². The molecular weight excluding hydrogens is 411 g/mol. The lowest BCUT2D eigenvalue weighted by molar-refractivity contribution is 0.322. The Morgan fingerprint density at radius 2 is 2.14 bits per heavy atom. The van der Waals surface area contributed by atoms with Gasteiger partial charge in [0.25, 0.3) is 0 Å². The van der Waals surface area contributed by atoms with Gasteiger partial charge in [-0.15, -0.1) is 24.0 Å². The molecule has 0 aliphatic heterocycles. The van der Waals surface area contributed by atoms with Crippen LogP contribution in [-0.4, -0.2) is 24.6 Å². The standard InChI is InChI=1S/C15H20N4OS.HI/c1-3-20-14-13(5-4-7-17-14)10-19-15(16-2)18-9-12-6-8-21-11-12;/h4-8,11H,3,9-10H2,1-2H3,(H2,16,18,19);1H. The van der Waals surface area contributed by atoms with Crippen molar-refractivity contribution < 1.29 is 4.74 Å². The zero-order valence-corrected chi connectivity index (χ0v) is 15.9. The van der Waals surface area contributed by atoms with Crippen LogP contribution in [-0.2, 0) is 13.1 Å². The molecule has 0 bridgehead atoms. The van der Waals surface area contributed by atoms with Crippen LogP contribution in [0.5, 0.6) is 5.88 Å². The average molecular weight is 432 g/mol. The summed E-state index contributed by atoms with van der Waals surface area (Å²) in [6, 6.07) is 6.00. The van der Waals surface area contributed by atoms with Gasteiger partial charge in [0.1, 0.15) is 0 Å². The summed E-state index contributed by atoms with van der Waals surface area (Å²) in [5, 5.41) is 10.7. The monoisotopic (exact) mass is 432 g/mol. The lowest BCUT2D eigenvalue weighted by Gasteiger charge is -2.13. The molecule has 0 aromatic carbocycles. The Hall–Kier alpha value is -1.35. The molecular formula is C15H21IN4OS. The second kappa shape index (κ2) is 10.4. The first-order chi connectivity index (χ1) is 10.3. The fourth-order valence-electron chi connectivity index (χ4n) is 1.80. The molecule has 2 N–H and O–H groups in total. The number of rotatable bonds is 6. The molecule has 0 aliphatic carbocycles. The van der Waals surface area contributed by atoms with Crippen LogP contribution in [0.4, 0.5) is 0 Å². The maximum absolute atomic E-state index is 5.51. The van der Waals surface area contributed by atoms with E-state index in [-0.39, 0.29) is 24.0 Å². The number of halogens is 1. The normalized spacial score (nSPS) is 10.7. The van der Waals surface area contributed by atoms with Crippen molar-refractivity contribution in [3.05, 3.63) is 46.3 Å². The van der Waals surface area contributed by atoms with Gasteiger partial charge in [-0.1, -0.05) is 6.07 Å². The second-order valence-corrected chi connectivity index (χ2v) is 5.09. The minimum absolute atomic E-state index is 0. The summed E-state index contributed by atoms with van der Waals surface area (Å²) in [6.07, 6.45) is 1.73. The van der Waals surface area contributed by atoms with E-state index in [1.807, 2.05) is 19.1 Å². The predicted octanol–water partition coefficient (Wildman–Crippen LogP) is 3.03. The van der Waals surface area contributed by atoms with Crippen LogP contribution in [0.25, 0.3) is 0 Å². The van der Waals surface area contributed by atoms with Gasteiger partial charge in [0.05, 0.1) is 6.61 Å². The maximum atomic E-state index is 5.51. The average Bonchev–Trinajstić information content (AvgIpc) is 3.02. The van der Waals surface area contributed by atoms with Gasteiger partial charge < -0.3 is 15.4 Å². The van der Waals surface area contributed by atoms with Crippen LogP contribution in [0.3, 0.4) is 0 Å². The number of hydrogen-bond donors (Lipinski definition) is 2. The maximum Gasteiger partial charge on any atom is 0.218 e. The molecule has 0 spiro atoms. The van der Waals surface area contributed by atoms with Crippen LogP contribution in [0, 0.1) is 0 Å². The molecule has 0 aliphatic rings. The summed E-state index contributed by atoms with van der Waals surface area (Å²) in [7, 11) is 1.76. The van der Waals surface area contributed by atoms with E-state index in [1.54, 1.807) is 24.6 Å². The predicted molar refractivity (Wildman–Crippen MR) is 102 cm³/mol. The number of nitrogens with one attached hydrogen (secondary N) is 2. The Labute approximate surface area is 152 Å². The number of guanidine groups is 1. The first kappa shape index (κ1) is 18.7. The molecule has 2 rings (SSSR count). The van der Waals surface area contributed by atoms with E-state index < -0.39 is 0 Å². The lowest BCUT2D eigenvalue weighted by atomic mass is 10.2. The van der Waals surface area contributed by atoms with Crippen molar-refractivity contribution in [2.75, 3.05) is 13.7 Å². The van der Waals surface area contributed by atoms with Crippen molar-refractivity contribution >= 4 is 41.3 Å². The van der Waals surface area contributed by atoms with E-state index in [0.717, 1.165) is 18.1 Å². The number of pyridine rings is 1. The lowest BCUT2D eigenvalue weighted by Crippen LogP contribution is -2.36. The molecule has 7 heteroatoms. The third-order valence-corrected chi connectivity index (χ3v) is 3.57. The van der Waals surface area contributed by atoms with Gasteiger partial charge in [-0.2, -0.15) is 11.3 Å². The van der Waals surface area contributed by atoms with E-state index >= 15 is 0 Å². The first-order valence-corrected chi connectivity index (χ1v) is 7.80. The first-order valence-electron chi connectivity index (χ1n) is 6.85. The summed E-state index contributed by atoms with van der Waals surface area (Å²) in [5.74, 6) is 1.42. The molecule has 2 aromatic heterocycles. The minimum atomic E-state index is 0. The SMILES string of the molecule is CCOc1ncccc1CNC(=NC)NCc1ccsc1.I. The highest BCUT2D eigenvalue weighted by Gasteiger charge is 2.05. The van der Waals surface area contributed by atoms with Crippen LogP contribution >= 0.6 is 35.3 Å². The van der Waals surface area contributed by atoms with Crippen molar-refractivity contribution in [3.63, 3.8) is 0 Å². The quantitative estimate of drug-likeness (QED) is 0.419. The minimum Gasteiger partial charge on any atom is -0.478 e. The van der Waals surface area contributed by atoms with Gasteiger partial charge in [0, 0.05) is 31.9 Å². The molecule has 5 nitrogen and oxygen atoms in total. The van der Waals surface area contributed by atoms with Crippen molar-refractivity contribution in [3.8, 4) is 5.88 Å². The molecule has 0 atom stereocenters. The van der Waals surface area contributed by atoms with Crippen molar-refractivity contribution in [2.45, 2.75) is 20.0 Å². The van der Waals surface area contributed by atoms with E-state index in [0.29, 0.717) is 19.0 Å². The number of aromatic nitrogens is 1. The Morgan fingerprint density at radius 1 is 1.32 bits per heavy atom. The number of hydrogen-bond acceptors (Lipinski definition) is 4.